The van der Waals surface area contributed by atoms with Crippen molar-refractivity contribution in [2.24, 2.45) is 7.05 Å². The average molecular weight is 154 g/mol. The van der Waals surface area contributed by atoms with E-state index in [1.54, 1.807) is 7.05 Å². The smallest absolute Gasteiger partial charge is 0.348 e. The van der Waals surface area contributed by atoms with Gasteiger partial charge in [-0.05, 0) is 0 Å². The summed E-state index contributed by atoms with van der Waals surface area (Å²) in [7, 11) is 1.66. The van der Waals surface area contributed by atoms with Crippen LogP contribution in [0.2, 0.25) is 0 Å². The van der Waals surface area contributed by atoms with E-state index >= 15 is 0 Å². The number of esters is 1. The van der Waals surface area contributed by atoms with Crippen molar-refractivity contribution in [3.8, 4) is 0 Å². The Morgan fingerprint density at radius 2 is 2.55 bits per heavy atom. The highest BCUT2D eigenvalue weighted by Crippen LogP contribution is 1.97. The Morgan fingerprint density at radius 3 is 3.00 bits per heavy atom. The number of aromatic nitrogens is 2. The highest BCUT2D eigenvalue weighted by Gasteiger charge is 2.07. The molecule has 0 bridgehead atoms. The number of carbonyl (C=O) groups is 2. The first-order valence-electron chi connectivity index (χ1n) is 2.87. The maximum absolute atomic E-state index is 10.8. The molecule has 1 rings (SSSR count). The van der Waals surface area contributed by atoms with E-state index in [1.165, 1.54) is 17.1 Å². The molecule has 0 aliphatic heterocycles. The third kappa shape index (κ3) is 1.64. The first-order chi connectivity index (χ1) is 5.24. The van der Waals surface area contributed by atoms with E-state index in [0.29, 0.717) is 0 Å². The van der Waals surface area contributed by atoms with E-state index in [-0.39, 0.29) is 12.0 Å². The highest BCUT2D eigenvalue weighted by molar-refractivity contribution is 5.92. The molecular formula is C6H6N2O3. The van der Waals surface area contributed by atoms with Crippen LogP contribution < -0.4 is 0 Å². The van der Waals surface area contributed by atoms with Crippen LogP contribution in [-0.4, -0.2) is 22.2 Å². The maximum Gasteiger partial charge on any atom is 0.348 e. The Bertz CT molecular complexity index is 279. The topological polar surface area (TPSA) is 61.2 Å². The van der Waals surface area contributed by atoms with E-state index in [0.717, 1.165) is 0 Å². The summed E-state index contributed by atoms with van der Waals surface area (Å²) >= 11 is 0. The Balaban J connectivity index is 2.76. The summed E-state index contributed by atoms with van der Waals surface area (Å²) in [6, 6.07) is 0. The predicted octanol–water partition coefficient (Wildman–Crippen LogP) is -0.267. The van der Waals surface area contributed by atoms with E-state index in [9.17, 15) is 9.59 Å². The Morgan fingerprint density at radius 1 is 1.82 bits per heavy atom. The van der Waals surface area contributed by atoms with Gasteiger partial charge in [0.1, 0.15) is 0 Å². The zero-order valence-corrected chi connectivity index (χ0v) is 5.85. The fraction of sp³-hybridized carbons (Fsp3) is 0.167. The molecule has 0 amide bonds. The molecule has 5 nitrogen and oxygen atoms in total. The molecule has 11 heavy (non-hydrogen) atoms. The first-order valence-corrected chi connectivity index (χ1v) is 2.87. The number of nitrogens with zero attached hydrogens (tertiary/aromatic N) is 2. The summed E-state index contributed by atoms with van der Waals surface area (Å²) in [5, 5.41) is 3.72. The van der Waals surface area contributed by atoms with Crippen molar-refractivity contribution in [1.29, 1.82) is 0 Å². The molecule has 0 N–H and O–H groups in total. The van der Waals surface area contributed by atoms with Gasteiger partial charge in [0.25, 0.3) is 0 Å². The molecular weight excluding hydrogens is 148 g/mol. The van der Waals surface area contributed by atoms with Gasteiger partial charge in [0.15, 0.2) is 0 Å². The van der Waals surface area contributed by atoms with Gasteiger partial charge in [-0.3, -0.25) is 9.48 Å². The standard InChI is InChI=1S/C6H6N2O3/c1-8-3-5(2-7-8)6(10)11-4-9/h2-4H,1H3. The van der Waals surface area contributed by atoms with Crippen molar-refractivity contribution in [1.82, 2.24) is 9.78 Å². The van der Waals surface area contributed by atoms with Crippen molar-refractivity contribution in [2.75, 3.05) is 0 Å². The van der Waals surface area contributed by atoms with Gasteiger partial charge in [0.05, 0.1) is 11.8 Å². The molecule has 58 valence electrons. The minimum atomic E-state index is -0.687. The van der Waals surface area contributed by atoms with Crippen molar-refractivity contribution in [2.45, 2.75) is 0 Å². The van der Waals surface area contributed by atoms with E-state index in [4.69, 9.17) is 0 Å². The maximum atomic E-state index is 10.8. The lowest BCUT2D eigenvalue weighted by Crippen LogP contribution is -2.01. The molecule has 0 aliphatic rings. The summed E-state index contributed by atoms with van der Waals surface area (Å²) in [5.74, 6) is -0.687. The zero-order chi connectivity index (χ0) is 8.27. The lowest BCUT2D eigenvalue weighted by molar-refractivity contribution is -0.123. The second-order valence-corrected chi connectivity index (χ2v) is 1.90. The molecule has 0 spiro atoms. The van der Waals surface area contributed by atoms with Gasteiger partial charge >= 0.3 is 12.4 Å². The molecule has 0 atom stereocenters. The molecule has 0 unspecified atom stereocenters. The fourth-order valence-electron chi connectivity index (χ4n) is 0.638. The third-order valence-corrected chi connectivity index (χ3v) is 1.10. The van der Waals surface area contributed by atoms with Crippen LogP contribution in [0, 0.1) is 0 Å². The number of rotatable bonds is 2. The molecule has 1 aromatic heterocycles. The van der Waals surface area contributed by atoms with Crippen molar-refractivity contribution < 1.29 is 14.3 Å². The molecule has 1 aromatic rings. The van der Waals surface area contributed by atoms with Crippen LogP contribution in [0.25, 0.3) is 0 Å². The highest BCUT2D eigenvalue weighted by atomic mass is 16.6. The van der Waals surface area contributed by atoms with Crippen LogP contribution in [0.1, 0.15) is 10.4 Å². The van der Waals surface area contributed by atoms with Gasteiger partial charge in [-0.25, -0.2) is 4.79 Å². The van der Waals surface area contributed by atoms with Crippen molar-refractivity contribution in [3.05, 3.63) is 18.0 Å². The average Bonchev–Trinajstić information content (AvgIpc) is 2.36. The van der Waals surface area contributed by atoms with Gasteiger partial charge in [0.2, 0.25) is 0 Å². The van der Waals surface area contributed by atoms with Crippen LogP contribution in [0.3, 0.4) is 0 Å². The Labute approximate surface area is 62.6 Å². The van der Waals surface area contributed by atoms with Crippen LogP contribution >= 0.6 is 0 Å². The first kappa shape index (κ1) is 7.46. The number of hydrogen-bond donors (Lipinski definition) is 0. The monoisotopic (exact) mass is 154 g/mol. The summed E-state index contributed by atoms with van der Waals surface area (Å²) in [4.78, 5) is 20.5. The second kappa shape index (κ2) is 2.96. The third-order valence-electron chi connectivity index (χ3n) is 1.10. The SMILES string of the molecule is Cn1cc(C(=O)OC=O)cn1. The van der Waals surface area contributed by atoms with E-state index in [1.807, 2.05) is 0 Å². The van der Waals surface area contributed by atoms with Crippen LogP contribution in [0.5, 0.6) is 0 Å². The summed E-state index contributed by atoms with van der Waals surface area (Å²) in [5.41, 5.74) is 0.264. The molecule has 0 aromatic carbocycles. The Hall–Kier alpha value is -1.65. The quantitative estimate of drug-likeness (QED) is 0.334. The molecule has 0 saturated heterocycles. The van der Waals surface area contributed by atoms with Crippen LogP contribution in [0.4, 0.5) is 0 Å². The molecule has 1 heterocycles. The van der Waals surface area contributed by atoms with Gasteiger partial charge in [-0.2, -0.15) is 5.10 Å². The lowest BCUT2D eigenvalue weighted by atomic mass is 10.4. The van der Waals surface area contributed by atoms with Crippen LogP contribution in [-0.2, 0) is 16.6 Å². The van der Waals surface area contributed by atoms with E-state index < -0.39 is 5.97 Å². The van der Waals surface area contributed by atoms with Crippen molar-refractivity contribution in [3.63, 3.8) is 0 Å². The van der Waals surface area contributed by atoms with Gasteiger partial charge < -0.3 is 4.74 Å². The second-order valence-electron chi connectivity index (χ2n) is 1.90. The predicted molar refractivity (Wildman–Crippen MR) is 34.7 cm³/mol. The van der Waals surface area contributed by atoms with Gasteiger partial charge in [0, 0.05) is 13.2 Å². The lowest BCUT2D eigenvalue weighted by Gasteiger charge is -1.88. The van der Waals surface area contributed by atoms with Crippen LogP contribution in [0.15, 0.2) is 12.4 Å². The van der Waals surface area contributed by atoms with E-state index in [2.05, 4.69) is 9.84 Å². The number of hydrogen-bond acceptors (Lipinski definition) is 4. The molecule has 0 radical (unpaired) electrons. The Kier molecular flexibility index (Phi) is 2.00. The molecule has 0 aliphatic carbocycles. The summed E-state index contributed by atoms with van der Waals surface area (Å²) < 4.78 is 5.51. The fourth-order valence-corrected chi connectivity index (χ4v) is 0.638. The number of ether oxygens (including phenoxy) is 1. The van der Waals surface area contributed by atoms with Crippen molar-refractivity contribution >= 4 is 12.4 Å². The summed E-state index contributed by atoms with van der Waals surface area (Å²) in [6.45, 7) is 0.0926. The minimum absolute atomic E-state index is 0.0926. The molecule has 5 heteroatoms. The molecule has 0 fully saturated rings. The van der Waals surface area contributed by atoms with Gasteiger partial charge in [-0.1, -0.05) is 0 Å². The number of aryl methyl sites for hydroxylation is 1. The van der Waals surface area contributed by atoms with Gasteiger partial charge in [-0.15, -0.1) is 0 Å². The summed E-state index contributed by atoms with van der Waals surface area (Å²) in [6.07, 6.45) is 2.79. The largest absolute Gasteiger partial charge is 0.392 e. The number of carbonyl (C=O) groups excluding carboxylic acids is 2. The normalized spacial score (nSPS) is 9.18. The molecule has 0 saturated carbocycles. The minimum Gasteiger partial charge on any atom is -0.392 e. The zero-order valence-electron chi connectivity index (χ0n) is 5.85.